The van der Waals surface area contributed by atoms with Crippen LogP contribution in [0.4, 0.5) is 0 Å². The second-order valence-corrected chi connectivity index (χ2v) is 2.88. The molecule has 0 spiro atoms. The molecule has 0 saturated carbocycles. The van der Waals surface area contributed by atoms with Gasteiger partial charge in [-0.2, -0.15) is 0 Å². The number of rotatable bonds is 1. The summed E-state index contributed by atoms with van der Waals surface area (Å²) >= 11 is 5.70. The van der Waals surface area contributed by atoms with Crippen LogP contribution in [0.15, 0.2) is 18.3 Å². The number of nitrogens with zero attached hydrogens (tertiary/aromatic N) is 1. The van der Waals surface area contributed by atoms with Crippen molar-refractivity contribution in [2.45, 2.75) is 6.92 Å². The van der Waals surface area contributed by atoms with Crippen LogP contribution in [0.2, 0.25) is 5.02 Å². The number of pyridine rings is 1. The summed E-state index contributed by atoms with van der Waals surface area (Å²) in [6.45, 7) is 1.28. The van der Waals surface area contributed by atoms with E-state index in [1.54, 1.807) is 6.07 Å². The van der Waals surface area contributed by atoms with Crippen LogP contribution < -0.4 is 10.9 Å². The van der Waals surface area contributed by atoms with E-state index in [0.717, 1.165) is 0 Å². The molecule has 6 heteroatoms. The Balaban J connectivity index is 2.70. The Morgan fingerprint density at radius 2 is 2.14 bits per heavy atom. The highest BCUT2D eigenvalue weighted by atomic mass is 35.5. The average Bonchev–Trinajstić information content (AvgIpc) is 2.15. The number of aromatic nitrogens is 1. The number of hydrogen-bond acceptors (Lipinski definition) is 3. The van der Waals surface area contributed by atoms with Gasteiger partial charge in [-0.1, -0.05) is 11.6 Å². The maximum absolute atomic E-state index is 11.3. The maximum Gasteiger partial charge on any atom is 0.289 e. The minimum atomic E-state index is -0.550. The van der Waals surface area contributed by atoms with E-state index < -0.39 is 5.91 Å². The zero-order valence-electron chi connectivity index (χ0n) is 7.37. The molecule has 14 heavy (non-hydrogen) atoms. The van der Waals surface area contributed by atoms with Gasteiger partial charge in [0.1, 0.15) is 5.69 Å². The molecule has 0 unspecified atom stereocenters. The predicted octanol–water partition coefficient (Wildman–Crippen LogP) is 0.516. The van der Waals surface area contributed by atoms with Crippen LogP contribution in [0.5, 0.6) is 0 Å². The van der Waals surface area contributed by atoms with Crippen LogP contribution in [-0.4, -0.2) is 16.8 Å². The molecule has 0 aliphatic rings. The van der Waals surface area contributed by atoms with Gasteiger partial charge < -0.3 is 0 Å². The van der Waals surface area contributed by atoms with E-state index in [-0.39, 0.29) is 16.6 Å². The van der Waals surface area contributed by atoms with Crippen molar-refractivity contribution in [3.63, 3.8) is 0 Å². The van der Waals surface area contributed by atoms with Crippen molar-refractivity contribution in [3.05, 3.63) is 29.0 Å². The van der Waals surface area contributed by atoms with E-state index in [9.17, 15) is 9.59 Å². The van der Waals surface area contributed by atoms with Gasteiger partial charge in [-0.25, -0.2) is 4.98 Å². The first-order valence-corrected chi connectivity index (χ1v) is 4.16. The fraction of sp³-hybridized carbons (Fsp3) is 0.125. The van der Waals surface area contributed by atoms with Crippen molar-refractivity contribution in [1.29, 1.82) is 0 Å². The fourth-order valence-electron chi connectivity index (χ4n) is 0.757. The molecule has 1 heterocycles. The average molecular weight is 214 g/mol. The summed E-state index contributed by atoms with van der Waals surface area (Å²) < 4.78 is 0. The van der Waals surface area contributed by atoms with Crippen LogP contribution in [0.25, 0.3) is 0 Å². The van der Waals surface area contributed by atoms with Crippen molar-refractivity contribution in [2.24, 2.45) is 0 Å². The molecule has 74 valence electrons. The molecule has 0 aromatic carbocycles. The molecule has 2 N–H and O–H groups in total. The molecule has 2 amide bonds. The number of amides is 2. The van der Waals surface area contributed by atoms with Crippen molar-refractivity contribution in [2.75, 3.05) is 0 Å². The van der Waals surface area contributed by atoms with Gasteiger partial charge in [0.25, 0.3) is 5.91 Å². The van der Waals surface area contributed by atoms with E-state index in [2.05, 4.69) is 15.8 Å². The zero-order valence-corrected chi connectivity index (χ0v) is 8.13. The fourth-order valence-corrected chi connectivity index (χ4v) is 0.964. The van der Waals surface area contributed by atoms with Gasteiger partial charge in [0, 0.05) is 13.1 Å². The van der Waals surface area contributed by atoms with Gasteiger partial charge in [0.05, 0.1) is 5.02 Å². The Hall–Kier alpha value is -1.62. The van der Waals surface area contributed by atoms with Crippen LogP contribution in [-0.2, 0) is 4.79 Å². The molecule has 0 fully saturated rings. The highest BCUT2D eigenvalue weighted by Crippen LogP contribution is 2.10. The Bertz CT molecular complexity index is 367. The number of hydrazine groups is 1. The van der Waals surface area contributed by atoms with E-state index in [4.69, 9.17) is 11.6 Å². The number of nitrogens with one attached hydrogen (secondary N) is 2. The second-order valence-electron chi connectivity index (χ2n) is 2.47. The third-order valence-electron chi connectivity index (χ3n) is 1.33. The Morgan fingerprint density at radius 1 is 1.43 bits per heavy atom. The summed E-state index contributed by atoms with van der Waals surface area (Å²) in [4.78, 5) is 25.5. The molecule has 1 aromatic heterocycles. The normalized spacial score (nSPS) is 9.29. The molecule has 5 nitrogen and oxygen atoms in total. The number of carbonyl (C=O) groups is 2. The van der Waals surface area contributed by atoms with Crippen molar-refractivity contribution >= 4 is 23.4 Å². The third-order valence-corrected chi connectivity index (χ3v) is 1.63. The second kappa shape index (κ2) is 4.57. The lowest BCUT2D eigenvalue weighted by atomic mass is 10.3. The van der Waals surface area contributed by atoms with Gasteiger partial charge in [-0.05, 0) is 12.1 Å². The molecule has 0 radical (unpaired) electrons. The Labute approximate surface area is 85.4 Å². The van der Waals surface area contributed by atoms with E-state index in [0.29, 0.717) is 0 Å². The third kappa shape index (κ3) is 2.70. The van der Waals surface area contributed by atoms with Crippen LogP contribution in [0.3, 0.4) is 0 Å². The lowest BCUT2D eigenvalue weighted by molar-refractivity contribution is -0.119. The number of carbonyl (C=O) groups excluding carboxylic acids is 2. The topological polar surface area (TPSA) is 71.1 Å². The van der Waals surface area contributed by atoms with Crippen LogP contribution >= 0.6 is 11.6 Å². The standard InChI is InChI=1S/C8H8ClN3O2/c1-5(13)11-12-8(14)7-6(9)3-2-4-10-7/h2-4H,1H3,(H,11,13)(H,12,14). The first-order chi connectivity index (χ1) is 6.61. The first-order valence-electron chi connectivity index (χ1n) is 3.78. The predicted molar refractivity (Wildman–Crippen MR) is 50.5 cm³/mol. The summed E-state index contributed by atoms with van der Waals surface area (Å²) in [6, 6.07) is 3.15. The van der Waals surface area contributed by atoms with Gasteiger partial charge >= 0.3 is 0 Å². The maximum atomic E-state index is 11.3. The largest absolute Gasteiger partial charge is 0.289 e. The smallest absolute Gasteiger partial charge is 0.274 e. The van der Waals surface area contributed by atoms with Gasteiger partial charge in [-0.15, -0.1) is 0 Å². The SMILES string of the molecule is CC(=O)NNC(=O)c1ncccc1Cl. The molecule has 0 saturated heterocycles. The van der Waals surface area contributed by atoms with E-state index in [1.165, 1.54) is 19.2 Å². The summed E-state index contributed by atoms with van der Waals surface area (Å²) in [5.74, 6) is -0.920. The molecular weight excluding hydrogens is 206 g/mol. The number of halogens is 1. The minimum absolute atomic E-state index is 0.0721. The lowest BCUT2D eigenvalue weighted by Crippen LogP contribution is -2.40. The summed E-state index contributed by atoms with van der Waals surface area (Å²) in [7, 11) is 0. The van der Waals surface area contributed by atoms with Gasteiger partial charge in [-0.3, -0.25) is 20.4 Å². The van der Waals surface area contributed by atoms with Gasteiger partial charge in [0.2, 0.25) is 5.91 Å². The molecule has 0 bridgehead atoms. The Morgan fingerprint density at radius 3 is 2.71 bits per heavy atom. The van der Waals surface area contributed by atoms with Crippen molar-refractivity contribution in [1.82, 2.24) is 15.8 Å². The highest BCUT2D eigenvalue weighted by molar-refractivity contribution is 6.33. The summed E-state index contributed by atoms with van der Waals surface area (Å²) in [5, 5.41) is 0.232. The van der Waals surface area contributed by atoms with Crippen LogP contribution in [0, 0.1) is 0 Å². The first kappa shape index (κ1) is 10.5. The van der Waals surface area contributed by atoms with Gasteiger partial charge in [0.15, 0.2) is 0 Å². The lowest BCUT2D eigenvalue weighted by Gasteiger charge is -2.04. The highest BCUT2D eigenvalue weighted by Gasteiger charge is 2.10. The van der Waals surface area contributed by atoms with E-state index in [1.807, 2.05) is 0 Å². The number of hydrogen-bond donors (Lipinski definition) is 2. The molecule has 0 aliphatic carbocycles. The molecule has 1 aromatic rings. The summed E-state index contributed by atoms with van der Waals surface area (Å²) in [6.07, 6.45) is 1.44. The summed E-state index contributed by atoms with van der Waals surface area (Å²) in [5.41, 5.74) is 4.36. The van der Waals surface area contributed by atoms with Crippen molar-refractivity contribution in [3.8, 4) is 0 Å². The van der Waals surface area contributed by atoms with E-state index >= 15 is 0 Å². The van der Waals surface area contributed by atoms with Crippen LogP contribution in [0.1, 0.15) is 17.4 Å². The zero-order chi connectivity index (χ0) is 10.6. The Kier molecular flexibility index (Phi) is 3.41. The quantitative estimate of drug-likeness (QED) is 0.668. The monoisotopic (exact) mass is 213 g/mol. The molecule has 1 rings (SSSR count). The van der Waals surface area contributed by atoms with Crippen molar-refractivity contribution < 1.29 is 9.59 Å². The molecular formula is C8H8ClN3O2. The molecule has 0 atom stereocenters. The minimum Gasteiger partial charge on any atom is -0.274 e. The molecule has 0 aliphatic heterocycles.